The molecule has 0 bridgehead atoms. The summed E-state index contributed by atoms with van der Waals surface area (Å²) < 4.78 is 69.6. The van der Waals surface area contributed by atoms with E-state index in [4.69, 9.17) is 20.9 Å². The van der Waals surface area contributed by atoms with Gasteiger partial charge in [0.05, 0.1) is 29.1 Å². The van der Waals surface area contributed by atoms with Gasteiger partial charge in [-0.3, -0.25) is 9.55 Å². The Bertz CT molecular complexity index is 3280. The van der Waals surface area contributed by atoms with Crippen LogP contribution in [0.2, 0.25) is 0 Å². The molecule has 0 amide bonds. The summed E-state index contributed by atoms with van der Waals surface area (Å²) >= 11 is 0. The molecular formula is C57H58N3OPt-. The van der Waals surface area contributed by atoms with E-state index < -0.39 is 25.0 Å². The maximum atomic E-state index is 12.3. The van der Waals surface area contributed by atoms with Gasteiger partial charge in [0.15, 0.2) is 0 Å². The fourth-order valence-corrected chi connectivity index (χ4v) is 7.89. The van der Waals surface area contributed by atoms with Crippen molar-refractivity contribution in [2.24, 2.45) is 0 Å². The quantitative estimate of drug-likeness (QED) is 0.154. The van der Waals surface area contributed by atoms with Gasteiger partial charge in [0.25, 0.3) is 0 Å². The minimum Gasteiger partial charge on any atom is -0.507 e. The fraction of sp³-hybridized carbons (Fsp3) is 0.263. The van der Waals surface area contributed by atoms with E-state index in [-0.39, 0.29) is 72.7 Å². The maximum Gasteiger partial charge on any atom is 0.148 e. The van der Waals surface area contributed by atoms with E-state index in [2.05, 4.69) is 99.6 Å². The molecule has 0 aliphatic rings. The summed E-state index contributed by atoms with van der Waals surface area (Å²) in [6, 6.07) is 32.8. The number of rotatable bonds is 8. The number of nitrogens with zero attached hydrogens (tertiary/aromatic N) is 3. The Kier molecular flexibility index (Phi) is 9.75. The Morgan fingerprint density at radius 3 is 2.05 bits per heavy atom. The second-order valence-corrected chi connectivity index (χ2v) is 18.7. The standard InChI is InChI=1S/C57H58N3O.Pt/c1-35(2)41-32-47(36(3)4)54(61)49(33-41)55-59-53-46(42-29-43(31-45(30-42)57(9,10)11)50-34-40(26-27-58-50)38-16-13-12-14-17-38)18-15-19-52(53)60(55)51-25-20-37(5)28-48(51)39-21-23-44(24-22-39)56(6,7)8;/h12-28,30-36,61H,1-11H3;/q-1;/i5D3,12D,13D,14D,16D,17D;. The summed E-state index contributed by atoms with van der Waals surface area (Å²) in [6.07, 6.45) is 1.58. The largest absolute Gasteiger partial charge is 0.507 e. The second kappa shape index (κ2) is 17.3. The third-order valence-electron chi connectivity index (χ3n) is 11.5. The smallest absolute Gasteiger partial charge is 0.148 e. The van der Waals surface area contributed by atoms with Crippen LogP contribution in [-0.2, 0) is 31.9 Å². The third kappa shape index (κ3) is 8.73. The number of hydrogen-bond donors (Lipinski definition) is 1. The number of imidazole rings is 1. The van der Waals surface area contributed by atoms with E-state index in [1.165, 1.54) is 0 Å². The molecule has 8 rings (SSSR count). The van der Waals surface area contributed by atoms with Crippen molar-refractivity contribution in [2.45, 2.75) is 98.8 Å². The Balaban J connectivity index is 0.00000722. The number of benzene rings is 6. The summed E-state index contributed by atoms with van der Waals surface area (Å²) in [4.78, 5) is 10.2. The van der Waals surface area contributed by atoms with Crippen molar-refractivity contribution < 1.29 is 37.1 Å². The molecule has 318 valence electrons. The Morgan fingerprint density at radius 1 is 0.677 bits per heavy atom. The zero-order valence-electron chi connectivity index (χ0n) is 45.1. The van der Waals surface area contributed by atoms with Crippen LogP contribution in [0.1, 0.15) is 120 Å². The van der Waals surface area contributed by atoms with Crippen LogP contribution in [-0.4, -0.2) is 19.6 Å². The molecule has 0 saturated heterocycles. The molecule has 0 radical (unpaired) electrons. The fourth-order valence-electron chi connectivity index (χ4n) is 7.89. The molecule has 1 N–H and O–H groups in total. The first-order valence-electron chi connectivity index (χ1n) is 25.0. The molecule has 2 heterocycles. The molecule has 0 aliphatic carbocycles. The first kappa shape index (κ1) is 35.0. The van der Waals surface area contributed by atoms with Gasteiger partial charge in [-0.15, -0.1) is 29.3 Å². The number of aromatic hydroxyl groups is 1. The number of hydrogen-bond acceptors (Lipinski definition) is 3. The van der Waals surface area contributed by atoms with Crippen molar-refractivity contribution in [2.75, 3.05) is 0 Å². The van der Waals surface area contributed by atoms with Gasteiger partial charge < -0.3 is 5.11 Å². The molecule has 8 aromatic rings. The Morgan fingerprint density at radius 2 is 1.39 bits per heavy atom. The van der Waals surface area contributed by atoms with E-state index in [0.717, 1.165) is 38.9 Å². The van der Waals surface area contributed by atoms with Gasteiger partial charge in [0.2, 0.25) is 0 Å². The van der Waals surface area contributed by atoms with Gasteiger partial charge in [-0.25, -0.2) is 4.98 Å². The van der Waals surface area contributed by atoms with Crippen LogP contribution in [0.4, 0.5) is 0 Å². The summed E-state index contributed by atoms with van der Waals surface area (Å²) in [5, 5.41) is 12.3. The van der Waals surface area contributed by atoms with Crippen LogP contribution in [0, 0.1) is 12.9 Å². The number of aromatic nitrogens is 3. The molecule has 0 saturated carbocycles. The number of fused-ring (bicyclic) bond motifs is 1. The number of pyridine rings is 1. The van der Waals surface area contributed by atoms with E-state index in [0.29, 0.717) is 50.5 Å². The normalized spacial score (nSPS) is 14.1. The summed E-state index contributed by atoms with van der Waals surface area (Å²) in [5.74, 6) is 0.726. The van der Waals surface area contributed by atoms with Crippen LogP contribution in [0.5, 0.6) is 5.75 Å². The summed E-state index contributed by atoms with van der Waals surface area (Å²) in [5.41, 5.74) is 10.9. The van der Waals surface area contributed by atoms with Crippen molar-refractivity contribution in [3.8, 4) is 67.5 Å². The third-order valence-corrected chi connectivity index (χ3v) is 11.5. The molecule has 0 atom stereocenters. The van der Waals surface area contributed by atoms with Crippen molar-refractivity contribution >= 4 is 11.0 Å². The minimum atomic E-state index is -2.38. The number of phenols is 1. The molecule has 4 nitrogen and oxygen atoms in total. The average Bonchev–Trinajstić information content (AvgIpc) is 3.68. The van der Waals surface area contributed by atoms with E-state index in [9.17, 15) is 5.11 Å². The van der Waals surface area contributed by atoms with Crippen LogP contribution in [0.15, 0.2) is 133 Å². The van der Waals surface area contributed by atoms with Gasteiger partial charge in [-0.05, 0) is 93.2 Å². The van der Waals surface area contributed by atoms with Crippen LogP contribution < -0.4 is 0 Å². The summed E-state index contributed by atoms with van der Waals surface area (Å²) in [7, 11) is 0. The van der Waals surface area contributed by atoms with Crippen molar-refractivity contribution in [3.05, 3.63) is 167 Å². The van der Waals surface area contributed by atoms with E-state index in [1.54, 1.807) is 30.5 Å². The van der Waals surface area contributed by atoms with E-state index in [1.807, 2.05) is 53.1 Å². The van der Waals surface area contributed by atoms with Gasteiger partial charge in [0.1, 0.15) is 11.6 Å². The van der Waals surface area contributed by atoms with Gasteiger partial charge in [-0.1, -0.05) is 171 Å². The molecule has 5 heteroatoms. The van der Waals surface area contributed by atoms with Crippen molar-refractivity contribution in [1.82, 2.24) is 14.5 Å². The average molecular weight is 1000 g/mol. The molecule has 6 aromatic carbocycles. The van der Waals surface area contributed by atoms with E-state index >= 15 is 0 Å². The molecule has 0 spiro atoms. The molecule has 0 aliphatic heterocycles. The zero-order chi connectivity index (χ0) is 50.2. The predicted octanol–water partition coefficient (Wildman–Crippen LogP) is 15.4. The summed E-state index contributed by atoms with van der Waals surface area (Å²) in [6.45, 7) is 18.8. The van der Waals surface area contributed by atoms with Gasteiger partial charge in [0, 0.05) is 42.6 Å². The van der Waals surface area contributed by atoms with Crippen molar-refractivity contribution in [1.29, 1.82) is 0 Å². The molecule has 2 aromatic heterocycles. The van der Waals surface area contributed by atoms with Crippen LogP contribution >= 0.6 is 0 Å². The molecular weight excluding hydrogens is 938 g/mol. The van der Waals surface area contributed by atoms with Crippen molar-refractivity contribution in [3.63, 3.8) is 0 Å². The Labute approximate surface area is 394 Å². The minimum absolute atomic E-state index is 0. The molecule has 0 fully saturated rings. The maximum absolute atomic E-state index is 12.3. The number of aryl methyl sites for hydroxylation is 1. The Hall–Kier alpha value is -5.57. The SMILES string of the molecule is [2H]c1c([2H])c([2H])c(-c2ccnc(-c3[c-]c(-c4cccc5c4nc(-c4cc(C(C)C)cc(C(C)C)c4O)n5-c4ccc(C([2H])([2H])[2H])cc4-c4ccc(C(C)(C)C)cc4)cc(C(C)(C)C)c3)c2)c([2H])c1[2H].[Pt]. The van der Waals surface area contributed by atoms with Gasteiger partial charge in [-0.2, -0.15) is 0 Å². The first-order valence-corrected chi connectivity index (χ1v) is 21.0. The van der Waals surface area contributed by atoms with Gasteiger partial charge >= 0.3 is 0 Å². The molecule has 0 unspecified atom stereocenters. The second-order valence-electron chi connectivity index (χ2n) is 18.7. The monoisotopic (exact) mass is 1000 g/mol. The van der Waals surface area contributed by atoms with Crippen LogP contribution in [0.3, 0.4) is 0 Å². The molecule has 62 heavy (non-hydrogen) atoms. The first-order chi connectivity index (χ1) is 32.3. The number of para-hydroxylation sites is 1. The topological polar surface area (TPSA) is 50.9 Å². The van der Waals surface area contributed by atoms with Crippen LogP contribution in [0.25, 0.3) is 72.7 Å². The zero-order valence-corrected chi connectivity index (χ0v) is 39.3. The number of phenolic OH excluding ortho intramolecular Hbond substituents is 1. The predicted molar refractivity (Wildman–Crippen MR) is 257 cm³/mol.